The molecule has 0 saturated heterocycles. The van der Waals surface area contributed by atoms with Crippen LogP contribution in [0.3, 0.4) is 0 Å². The van der Waals surface area contributed by atoms with Gasteiger partial charge in [-0.15, -0.1) is 0 Å². The second kappa shape index (κ2) is 8.77. The van der Waals surface area contributed by atoms with Gasteiger partial charge in [0.1, 0.15) is 0 Å². The summed E-state index contributed by atoms with van der Waals surface area (Å²) in [5.41, 5.74) is 0.865. The fourth-order valence-electron chi connectivity index (χ4n) is 2.03. The monoisotopic (exact) mass is 277 g/mol. The first-order chi connectivity index (χ1) is 9.60. The van der Waals surface area contributed by atoms with Crippen molar-refractivity contribution >= 4 is 18.5 Å². The van der Waals surface area contributed by atoms with Crippen LogP contribution in [0.25, 0.3) is 0 Å². The fraction of sp³-hybridized carbons (Fsp3) is 0.533. The molecule has 0 aliphatic carbocycles. The molecule has 110 valence electrons. The molecule has 4 nitrogen and oxygen atoms in total. The van der Waals surface area contributed by atoms with E-state index in [2.05, 4.69) is 13.8 Å². The summed E-state index contributed by atoms with van der Waals surface area (Å²) in [6.45, 7) is 5.71. The van der Waals surface area contributed by atoms with Crippen molar-refractivity contribution in [2.75, 3.05) is 13.1 Å². The highest BCUT2D eigenvalue weighted by atomic mass is 16.4. The molecule has 0 aliphatic heterocycles. The minimum atomic E-state index is -1.54. The number of carbonyl (C=O) groups excluding carboxylic acids is 1. The minimum absolute atomic E-state index is 0.0330. The maximum Gasteiger partial charge on any atom is 0.488 e. The third-order valence-electron chi connectivity index (χ3n) is 3.28. The van der Waals surface area contributed by atoms with Crippen molar-refractivity contribution in [2.45, 2.75) is 39.5 Å². The Balaban J connectivity index is 2.84. The Morgan fingerprint density at radius 3 is 2.25 bits per heavy atom. The van der Waals surface area contributed by atoms with Crippen molar-refractivity contribution in [3.05, 3.63) is 29.8 Å². The van der Waals surface area contributed by atoms with E-state index in [0.717, 1.165) is 38.8 Å². The van der Waals surface area contributed by atoms with E-state index in [4.69, 9.17) is 0 Å². The van der Waals surface area contributed by atoms with Crippen LogP contribution in [-0.2, 0) is 0 Å². The van der Waals surface area contributed by atoms with Gasteiger partial charge in [-0.3, -0.25) is 4.79 Å². The first-order valence-corrected chi connectivity index (χ1v) is 7.35. The highest BCUT2D eigenvalue weighted by Gasteiger charge is 2.17. The van der Waals surface area contributed by atoms with Crippen LogP contribution >= 0.6 is 0 Å². The molecule has 2 N–H and O–H groups in total. The highest BCUT2D eigenvalue weighted by molar-refractivity contribution is 6.58. The fourth-order valence-corrected chi connectivity index (χ4v) is 2.03. The number of unbranched alkanes of at least 4 members (excludes halogenated alkanes) is 2. The summed E-state index contributed by atoms with van der Waals surface area (Å²) in [4.78, 5) is 14.4. The molecule has 1 aromatic rings. The number of hydrogen-bond donors (Lipinski definition) is 2. The maximum absolute atomic E-state index is 12.5. The standard InChI is InChI=1S/C15H24BNO3/c1-3-5-10-17(11-6-4-2)15(18)13-8-7-9-14(12-13)16(19)20/h7-9,12,19-20H,3-6,10-11H2,1-2H3. The smallest absolute Gasteiger partial charge is 0.423 e. The average molecular weight is 277 g/mol. The normalized spacial score (nSPS) is 10.4. The van der Waals surface area contributed by atoms with Gasteiger partial charge >= 0.3 is 7.12 Å². The summed E-state index contributed by atoms with van der Waals surface area (Å²) in [5.74, 6) is -0.0330. The van der Waals surface area contributed by atoms with Gasteiger partial charge in [-0.1, -0.05) is 38.8 Å². The predicted octanol–water partition coefficient (Wildman–Crippen LogP) is 1.41. The van der Waals surface area contributed by atoms with E-state index in [1.807, 2.05) is 4.90 Å². The molecule has 0 saturated carbocycles. The largest absolute Gasteiger partial charge is 0.488 e. The molecular weight excluding hydrogens is 253 g/mol. The van der Waals surface area contributed by atoms with E-state index in [1.54, 1.807) is 24.3 Å². The van der Waals surface area contributed by atoms with Crippen LogP contribution in [0.4, 0.5) is 0 Å². The van der Waals surface area contributed by atoms with Gasteiger partial charge in [0.25, 0.3) is 5.91 Å². The average Bonchev–Trinajstić information content (AvgIpc) is 2.47. The first-order valence-electron chi connectivity index (χ1n) is 7.35. The van der Waals surface area contributed by atoms with E-state index in [9.17, 15) is 14.8 Å². The lowest BCUT2D eigenvalue weighted by atomic mass is 9.79. The summed E-state index contributed by atoms with van der Waals surface area (Å²) in [5, 5.41) is 18.4. The van der Waals surface area contributed by atoms with Crippen molar-refractivity contribution in [1.29, 1.82) is 0 Å². The van der Waals surface area contributed by atoms with Crippen LogP contribution in [0, 0.1) is 0 Å². The van der Waals surface area contributed by atoms with Crippen LogP contribution in [0.5, 0.6) is 0 Å². The molecule has 0 bridgehead atoms. The second-order valence-corrected chi connectivity index (χ2v) is 5.00. The summed E-state index contributed by atoms with van der Waals surface area (Å²) in [6, 6.07) is 6.56. The summed E-state index contributed by atoms with van der Waals surface area (Å²) in [7, 11) is -1.54. The van der Waals surface area contributed by atoms with Crippen LogP contribution in [0.1, 0.15) is 49.9 Å². The van der Waals surface area contributed by atoms with Crippen LogP contribution < -0.4 is 5.46 Å². The molecule has 1 rings (SSSR count). The molecule has 5 heteroatoms. The number of rotatable bonds is 8. The third-order valence-corrected chi connectivity index (χ3v) is 3.28. The molecule has 0 atom stereocenters. The van der Waals surface area contributed by atoms with Gasteiger partial charge in [0.05, 0.1) is 0 Å². The lowest BCUT2D eigenvalue weighted by Crippen LogP contribution is -2.35. The number of amides is 1. The number of hydrogen-bond acceptors (Lipinski definition) is 3. The van der Waals surface area contributed by atoms with Crippen LogP contribution in [0.2, 0.25) is 0 Å². The first kappa shape index (κ1) is 16.7. The number of benzene rings is 1. The van der Waals surface area contributed by atoms with Gasteiger partial charge in [0.2, 0.25) is 0 Å². The SMILES string of the molecule is CCCCN(CCCC)C(=O)c1cccc(B(O)O)c1. The van der Waals surface area contributed by atoms with E-state index >= 15 is 0 Å². The van der Waals surface area contributed by atoms with Crippen molar-refractivity contribution < 1.29 is 14.8 Å². The van der Waals surface area contributed by atoms with E-state index < -0.39 is 7.12 Å². The molecular formula is C15H24BNO3. The third kappa shape index (κ3) is 4.98. The van der Waals surface area contributed by atoms with Crippen molar-refractivity contribution in [3.63, 3.8) is 0 Å². The van der Waals surface area contributed by atoms with E-state index in [1.165, 1.54) is 0 Å². The Morgan fingerprint density at radius 1 is 1.15 bits per heavy atom. The van der Waals surface area contributed by atoms with Gasteiger partial charge in [0.15, 0.2) is 0 Å². The predicted molar refractivity (Wildman–Crippen MR) is 82.0 cm³/mol. The van der Waals surface area contributed by atoms with E-state index in [-0.39, 0.29) is 5.91 Å². The van der Waals surface area contributed by atoms with Gasteiger partial charge < -0.3 is 14.9 Å². The maximum atomic E-state index is 12.5. The minimum Gasteiger partial charge on any atom is -0.423 e. The van der Waals surface area contributed by atoms with E-state index in [0.29, 0.717) is 11.0 Å². The zero-order chi connectivity index (χ0) is 15.0. The molecule has 0 radical (unpaired) electrons. The molecule has 0 fully saturated rings. The molecule has 1 amide bonds. The van der Waals surface area contributed by atoms with Gasteiger partial charge in [-0.25, -0.2) is 0 Å². The van der Waals surface area contributed by atoms with Crippen molar-refractivity contribution in [1.82, 2.24) is 4.90 Å². The van der Waals surface area contributed by atoms with Gasteiger partial charge in [-0.2, -0.15) is 0 Å². The van der Waals surface area contributed by atoms with Crippen LogP contribution in [0.15, 0.2) is 24.3 Å². The Morgan fingerprint density at radius 2 is 1.75 bits per heavy atom. The second-order valence-electron chi connectivity index (χ2n) is 5.00. The van der Waals surface area contributed by atoms with Gasteiger partial charge in [-0.05, 0) is 30.4 Å². The number of nitrogens with zero attached hydrogens (tertiary/aromatic N) is 1. The quantitative estimate of drug-likeness (QED) is 0.706. The lowest BCUT2D eigenvalue weighted by Gasteiger charge is -2.22. The zero-order valence-electron chi connectivity index (χ0n) is 12.4. The summed E-state index contributed by atoms with van der Waals surface area (Å²) in [6.07, 6.45) is 4.06. The summed E-state index contributed by atoms with van der Waals surface area (Å²) >= 11 is 0. The Bertz CT molecular complexity index is 415. The Labute approximate surface area is 121 Å². The summed E-state index contributed by atoms with van der Waals surface area (Å²) < 4.78 is 0. The van der Waals surface area contributed by atoms with Crippen LogP contribution in [-0.4, -0.2) is 41.1 Å². The molecule has 0 aliphatic rings. The lowest BCUT2D eigenvalue weighted by molar-refractivity contribution is 0.0751. The van der Waals surface area contributed by atoms with Crippen molar-refractivity contribution in [3.8, 4) is 0 Å². The molecule has 0 unspecified atom stereocenters. The molecule has 1 aromatic carbocycles. The highest BCUT2D eigenvalue weighted by Crippen LogP contribution is 2.07. The van der Waals surface area contributed by atoms with Crippen molar-refractivity contribution in [2.24, 2.45) is 0 Å². The number of carbonyl (C=O) groups is 1. The molecule has 0 heterocycles. The molecule has 20 heavy (non-hydrogen) atoms. The Kier molecular flexibility index (Phi) is 7.33. The molecule has 0 aromatic heterocycles. The Hall–Kier alpha value is -1.33. The molecule has 0 spiro atoms. The zero-order valence-corrected chi connectivity index (χ0v) is 12.4. The van der Waals surface area contributed by atoms with Gasteiger partial charge in [0, 0.05) is 18.7 Å². The topological polar surface area (TPSA) is 60.8 Å².